The number of thiazole rings is 1. The summed E-state index contributed by atoms with van der Waals surface area (Å²) >= 11 is 1.19. The molecule has 0 saturated carbocycles. The number of hydrogen-bond donors (Lipinski definition) is 0. The van der Waals surface area contributed by atoms with Crippen molar-refractivity contribution in [2.75, 3.05) is 33.5 Å². The number of rotatable bonds is 14. The summed E-state index contributed by atoms with van der Waals surface area (Å²) in [6, 6.07) is 22.7. The minimum Gasteiger partial charge on any atom is -0.490 e. The maximum atomic E-state index is 14.6. The fourth-order valence-electron chi connectivity index (χ4n) is 6.18. The van der Waals surface area contributed by atoms with Crippen molar-refractivity contribution in [2.45, 2.75) is 40.3 Å². The van der Waals surface area contributed by atoms with E-state index in [1.807, 2.05) is 48.5 Å². The predicted molar refractivity (Wildman–Crippen MR) is 206 cm³/mol. The van der Waals surface area contributed by atoms with Crippen LogP contribution in [0.2, 0.25) is 0 Å². The van der Waals surface area contributed by atoms with Gasteiger partial charge in [0.15, 0.2) is 22.9 Å². The molecule has 55 heavy (non-hydrogen) atoms. The molecule has 1 atom stereocenters. The largest absolute Gasteiger partial charge is 0.490 e. The van der Waals surface area contributed by atoms with Gasteiger partial charge >= 0.3 is 17.9 Å². The van der Waals surface area contributed by atoms with E-state index in [2.05, 4.69) is 0 Å². The Morgan fingerprint density at radius 1 is 0.818 bits per heavy atom. The minimum atomic E-state index is -0.924. The van der Waals surface area contributed by atoms with Gasteiger partial charge in [-0.1, -0.05) is 59.9 Å². The molecule has 0 aliphatic carbocycles. The van der Waals surface area contributed by atoms with Crippen molar-refractivity contribution in [3.8, 4) is 17.2 Å². The number of fused-ring (bicyclic) bond motifs is 2. The second-order valence-corrected chi connectivity index (χ2v) is 13.2. The van der Waals surface area contributed by atoms with Gasteiger partial charge in [0.05, 0.1) is 54.3 Å². The molecule has 0 fully saturated rings. The zero-order valence-electron chi connectivity index (χ0n) is 31.1. The van der Waals surface area contributed by atoms with Crippen LogP contribution in [-0.4, -0.2) is 56.0 Å². The summed E-state index contributed by atoms with van der Waals surface area (Å²) in [6.07, 6.45) is 1.79. The van der Waals surface area contributed by atoms with E-state index >= 15 is 0 Å². The average Bonchev–Trinajstić information content (AvgIpc) is 3.50. The van der Waals surface area contributed by atoms with Crippen molar-refractivity contribution in [3.05, 3.63) is 132 Å². The summed E-state index contributed by atoms with van der Waals surface area (Å²) < 4.78 is 35.1. The molecule has 284 valence electrons. The number of nitrogens with zero attached hydrogens (tertiary/aromatic N) is 2. The molecule has 1 aliphatic heterocycles. The molecule has 5 aromatic rings. The van der Waals surface area contributed by atoms with Crippen LogP contribution in [0.15, 0.2) is 99.9 Å². The zero-order valence-corrected chi connectivity index (χ0v) is 31.9. The predicted octanol–water partition coefficient (Wildman–Crippen LogP) is 5.66. The lowest BCUT2D eigenvalue weighted by Crippen LogP contribution is -2.40. The Morgan fingerprint density at radius 3 is 2.27 bits per heavy atom. The fourth-order valence-corrected chi connectivity index (χ4v) is 7.21. The summed E-state index contributed by atoms with van der Waals surface area (Å²) in [5.41, 5.74) is 2.75. The monoisotopic (exact) mass is 764 g/mol. The van der Waals surface area contributed by atoms with Crippen molar-refractivity contribution in [1.29, 1.82) is 0 Å². The van der Waals surface area contributed by atoms with Crippen molar-refractivity contribution in [3.63, 3.8) is 0 Å². The molecule has 0 N–H and O–H groups in total. The summed E-state index contributed by atoms with van der Waals surface area (Å²) in [5.74, 6) is -0.408. The molecule has 1 aliphatic rings. The highest BCUT2D eigenvalue weighted by Gasteiger charge is 2.34. The van der Waals surface area contributed by atoms with Gasteiger partial charge in [0.2, 0.25) is 0 Å². The first-order chi connectivity index (χ1) is 26.7. The van der Waals surface area contributed by atoms with Gasteiger partial charge < -0.3 is 28.4 Å². The molecule has 1 aromatic heterocycles. The Bertz CT molecular complexity index is 2460. The van der Waals surface area contributed by atoms with E-state index in [0.717, 1.165) is 16.3 Å². The molecule has 4 aromatic carbocycles. The normalized spacial score (nSPS) is 13.8. The highest BCUT2D eigenvalue weighted by Crippen LogP contribution is 2.37. The molecule has 13 heteroatoms. The third-order valence-corrected chi connectivity index (χ3v) is 9.72. The van der Waals surface area contributed by atoms with E-state index in [-0.39, 0.29) is 44.2 Å². The van der Waals surface area contributed by atoms with Crippen molar-refractivity contribution >= 4 is 46.1 Å². The number of carbonyl (C=O) groups excluding carboxylic acids is 3. The molecule has 0 unspecified atom stereocenters. The molecule has 6 rings (SSSR count). The van der Waals surface area contributed by atoms with Gasteiger partial charge in [-0.05, 0) is 86.0 Å². The Morgan fingerprint density at radius 2 is 1.55 bits per heavy atom. The Hall–Kier alpha value is -6.21. The lowest BCUT2D eigenvalue weighted by atomic mass is 9.95. The highest BCUT2D eigenvalue weighted by atomic mass is 32.1. The Balaban J connectivity index is 1.45. The van der Waals surface area contributed by atoms with Crippen molar-refractivity contribution in [1.82, 2.24) is 4.57 Å². The number of esters is 3. The van der Waals surface area contributed by atoms with E-state index < -0.39 is 23.9 Å². The Labute approximate surface area is 320 Å². The highest BCUT2D eigenvalue weighted by molar-refractivity contribution is 7.07. The van der Waals surface area contributed by atoms with Crippen LogP contribution in [0.5, 0.6) is 17.2 Å². The van der Waals surface area contributed by atoms with Gasteiger partial charge in [0.1, 0.15) is 12.4 Å². The molecule has 2 heterocycles. The second-order valence-electron chi connectivity index (χ2n) is 12.2. The summed E-state index contributed by atoms with van der Waals surface area (Å²) in [7, 11) is 1.27. The summed E-state index contributed by atoms with van der Waals surface area (Å²) in [6.45, 7) is 7.55. The van der Waals surface area contributed by atoms with E-state index in [0.29, 0.717) is 49.0 Å². The second kappa shape index (κ2) is 17.3. The number of hydrogen-bond acceptors (Lipinski definition) is 12. The quantitative estimate of drug-likeness (QED) is 0.103. The van der Waals surface area contributed by atoms with Crippen LogP contribution in [0.25, 0.3) is 16.8 Å². The third-order valence-electron chi connectivity index (χ3n) is 8.74. The van der Waals surface area contributed by atoms with Gasteiger partial charge in [-0.3, -0.25) is 9.36 Å². The number of aromatic nitrogens is 1. The molecular formula is C42H40N2O10S. The number of carbonyl (C=O) groups is 3. The summed E-state index contributed by atoms with van der Waals surface area (Å²) in [4.78, 5) is 57.2. The smallest absolute Gasteiger partial charge is 0.343 e. The zero-order chi connectivity index (χ0) is 39.1. The van der Waals surface area contributed by atoms with Gasteiger partial charge in [-0.15, -0.1) is 0 Å². The first-order valence-corrected chi connectivity index (χ1v) is 18.6. The van der Waals surface area contributed by atoms with E-state index in [1.165, 1.54) is 23.0 Å². The van der Waals surface area contributed by atoms with Crippen LogP contribution < -0.4 is 29.1 Å². The van der Waals surface area contributed by atoms with Crippen LogP contribution in [0.4, 0.5) is 0 Å². The number of ether oxygens (including phenoxy) is 6. The van der Waals surface area contributed by atoms with Crippen LogP contribution in [0, 0.1) is 0 Å². The van der Waals surface area contributed by atoms with E-state index in [4.69, 9.17) is 33.4 Å². The van der Waals surface area contributed by atoms with Crippen LogP contribution in [0.3, 0.4) is 0 Å². The van der Waals surface area contributed by atoms with Crippen molar-refractivity contribution < 1.29 is 42.8 Å². The van der Waals surface area contributed by atoms with E-state index in [1.54, 1.807) is 64.1 Å². The average molecular weight is 765 g/mol. The molecular weight excluding hydrogens is 725 g/mol. The molecule has 0 saturated heterocycles. The minimum absolute atomic E-state index is 0.122. The van der Waals surface area contributed by atoms with E-state index in [9.17, 15) is 19.2 Å². The third kappa shape index (κ3) is 8.31. The fraction of sp³-hybridized carbons (Fsp3) is 0.262. The van der Waals surface area contributed by atoms with Gasteiger partial charge in [-0.2, -0.15) is 0 Å². The van der Waals surface area contributed by atoms with Crippen molar-refractivity contribution in [2.24, 2.45) is 4.99 Å². The Kier molecular flexibility index (Phi) is 12.1. The number of methoxy groups -OCH3 is 1. The molecule has 0 amide bonds. The summed E-state index contributed by atoms with van der Waals surface area (Å²) in [5, 5.41) is 1.82. The maximum Gasteiger partial charge on any atom is 0.343 e. The lowest BCUT2D eigenvalue weighted by molar-refractivity contribution is -0.143. The van der Waals surface area contributed by atoms with Crippen LogP contribution in [0.1, 0.15) is 60.8 Å². The first-order valence-electron chi connectivity index (χ1n) is 17.7. The number of benzene rings is 4. The van der Waals surface area contributed by atoms with Gasteiger partial charge in [0.25, 0.3) is 5.56 Å². The van der Waals surface area contributed by atoms with Crippen LogP contribution in [-0.2, 0) is 30.4 Å². The molecule has 0 radical (unpaired) electrons. The first kappa shape index (κ1) is 38.5. The SMILES string of the molecule is CCOC(=O)C1=C(C)N=c2s/c(=C/c3c(OCc4ccc(C(=O)OCC)cc4)ccc4ccccc34)c(=O)n2[C@H]1c1ccc(OCC(=O)OC)c(OCC)c1. The topological polar surface area (TPSA) is 141 Å². The molecule has 12 nitrogen and oxygen atoms in total. The molecule has 0 spiro atoms. The van der Waals surface area contributed by atoms with Gasteiger partial charge in [-0.25, -0.2) is 19.4 Å². The van der Waals surface area contributed by atoms with Crippen LogP contribution >= 0.6 is 11.3 Å². The number of allylic oxidation sites excluding steroid dienone is 1. The standard InChI is InChI=1S/C42H40N2O10S/c1-6-50-34-21-29(18-20-33(34)54-24-36(45)49-5)38-37(41(48)52-8-3)25(4)43-42-44(38)39(46)35(55-42)22-31-30-12-10-9-11-27(30)17-19-32(31)53-23-26-13-15-28(16-14-26)40(47)51-7-2/h9-22,38H,6-8,23-24H2,1-5H3/b35-22+/t38-/m0/s1. The maximum absolute atomic E-state index is 14.6. The lowest BCUT2D eigenvalue weighted by Gasteiger charge is -2.25. The van der Waals surface area contributed by atoms with Gasteiger partial charge in [0, 0.05) is 5.56 Å². The molecule has 0 bridgehead atoms.